The summed E-state index contributed by atoms with van der Waals surface area (Å²) in [5.41, 5.74) is 5.45. The molecular weight excluding hydrogens is 875 g/mol. The SMILES string of the molecule is CC1(C)OB(c2ccc(N3CCC(c4ccccc4)C3=O)cc2)OC1(C)C.O=C1C(c2ccccc2)CCN1c1ccc(-c2n[nH]c(=O)c3ccccc23)cc1.O=c1[nH]nc(Cl)c2ccccc12. The number of benzene rings is 6. The number of halogens is 1. The smallest absolute Gasteiger partial charge is 0.399 e. The zero-order chi connectivity index (χ0) is 47.6. The van der Waals surface area contributed by atoms with Crippen molar-refractivity contribution in [2.75, 3.05) is 22.9 Å². The van der Waals surface area contributed by atoms with Gasteiger partial charge in [-0.15, -0.1) is 0 Å². The summed E-state index contributed by atoms with van der Waals surface area (Å²) in [7, 11) is -0.379. The van der Waals surface area contributed by atoms with Crippen molar-refractivity contribution in [3.8, 4) is 11.3 Å². The van der Waals surface area contributed by atoms with Gasteiger partial charge in [-0.05, 0) is 93.5 Å². The van der Waals surface area contributed by atoms with E-state index in [2.05, 4.69) is 20.4 Å². The van der Waals surface area contributed by atoms with Crippen LogP contribution in [0.4, 0.5) is 11.4 Å². The van der Waals surface area contributed by atoms with Crippen LogP contribution in [0.2, 0.25) is 5.15 Å². The highest BCUT2D eigenvalue weighted by molar-refractivity contribution is 6.62. The van der Waals surface area contributed by atoms with E-state index in [-0.39, 0.29) is 53.1 Å². The third-order valence-electron chi connectivity index (χ3n) is 13.3. The molecule has 2 aromatic heterocycles. The molecule has 0 spiro atoms. The standard InChI is InChI=1S/C24H19N3O2.C22H26BNO3.C8H5ClN2O/c28-23-21-9-5-4-8-20(21)22(25-26-23)17-10-12-18(13-11-17)27-15-14-19(24(27)29)16-6-2-1-3-7-16;1-21(2)22(3,4)27-23(26-21)17-10-12-18(13-11-17)24-15-14-19(20(24)25)16-8-6-5-7-9-16;9-7-5-3-1-2-4-6(5)8(12)11-10-7/h1-13,19H,14-15H2,(H,26,28);5-13,19H,14-15H2,1-4H3;1-4H,(H,11,12). The van der Waals surface area contributed by atoms with Crippen molar-refractivity contribution in [3.05, 3.63) is 195 Å². The second kappa shape index (κ2) is 19.2. The van der Waals surface area contributed by atoms with Crippen molar-refractivity contribution in [3.63, 3.8) is 0 Å². The fourth-order valence-corrected chi connectivity index (χ4v) is 9.07. The summed E-state index contributed by atoms with van der Waals surface area (Å²) in [4.78, 5) is 52.7. The van der Waals surface area contributed by atoms with Gasteiger partial charge in [-0.25, -0.2) is 10.2 Å². The normalized spacial score (nSPS) is 18.3. The summed E-state index contributed by atoms with van der Waals surface area (Å²) in [5.74, 6) is 0.177. The minimum absolute atomic E-state index is 0.0472. The molecule has 0 bridgehead atoms. The summed E-state index contributed by atoms with van der Waals surface area (Å²) < 4.78 is 12.2. The molecule has 0 saturated carbocycles. The fourth-order valence-electron chi connectivity index (χ4n) is 8.87. The number of fused-ring (bicyclic) bond motifs is 2. The van der Waals surface area contributed by atoms with Crippen LogP contribution in [0.3, 0.4) is 0 Å². The van der Waals surface area contributed by atoms with Crippen molar-refractivity contribution in [2.45, 2.75) is 63.6 Å². The minimum atomic E-state index is -0.379. The van der Waals surface area contributed by atoms with Gasteiger partial charge in [-0.3, -0.25) is 19.2 Å². The van der Waals surface area contributed by atoms with Crippen LogP contribution in [0.15, 0.2) is 167 Å². The van der Waals surface area contributed by atoms with Crippen LogP contribution in [-0.4, -0.2) is 63.6 Å². The highest BCUT2D eigenvalue weighted by Crippen LogP contribution is 2.38. The van der Waals surface area contributed by atoms with Crippen LogP contribution in [0.1, 0.15) is 63.5 Å². The Morgan fingerprint density at radius 3 is 1.43 bits per heavy atom. The number of nitrogens with zero attached hydrogens (tertiary/aromatic N) is 4. The van der Waals surface area contributed by atoms with Crippen molar-refractivity contribution in [2.24, 2.45) is 0 Å². The Bertz CT molecular complexity index is 3200. The zero-order valence-electron chi connectivity index (χ0n) is 38.2. The number of rotatable bonds is 6. The number of carbonyl (C=O) groups excluding carboxylic acids is 2. The van der Waals surface area contributed by atoms with Gasteiger partial charge in [0.25, 0.3) is 11.1 Å². The van der Waals surface area contributed by atoms with Gasteiger partial charge < -0.3 is 19.1 Å². The lowest BCUT2D eigenvalue weighted by Crippen LogP contribution is -2.41. The van der Waals surface area contributed by atoms with E-state index in [1.54, 1.807) is 24.3 Å². The number of hydrogen-bond acceptors (Lipinski definition) is 8. The summed E-state index contributed by atoms with van der Waals surface area (Å²) >= 11 is 5.75. The summed E-state index contributed by atoms with van der Waals surface area (Å²) in [6.07, 6.45) is 1.67. The average Bonchev–Trinajstić information content (AvgIpc) is 4.02. The molecule has 6 aromatic carbocycles. The second-order valence-electron chi connectivity index (χ2n) is 18.0. The van der Waals surface area contributed by atoms with Gasteiger partial charge in [0.15, 0.2) is 5.15 Å². The average molecular weight is 925 g/mol. The van der Waals surface area contributed by atoms with Crippen LogP contribution in [0.5, 0.6) is 0 Å². The van der Waals surface area contributed by atoms with Gasteiger partial charge in [0.2, 0.25) is 11.8 Å². The molecule has 14 heteroatoms. The highest BCUT2D eigenvalue weighted by Gasteiger charge is 2.51. The largest absolute Gasteiger partial charge is 0.494 e. The number of H-pyrrole nitrogens is 2. The topological polar surface area (TPSA) is 151 Å². The third-order valence-corrected chi connectivity index (χ3v) is 13.6. The molecule has 3 aliphatic heterocycles. The number of amides is 2. The summed E-state index contributed by atoms with van der Waals surface area (Å²) in [6, 6.07) is 50.3. The van der Waals surface area contributed by atoms with Crippen molar-refractivity contribution < 1.29 is 18.9 Å². The Kier molecular flexibility index (Phi) is 13.0. The van der Waals surface area contributed by atoms with E-state index >= 15 is 0 Å². The molecule has 8 aromatic rings. The van der Waals surface area contributed by atoms with E-state index in [4.69, 9.17) is 20.9 Å². The summed E-state index contributed by atoms with van der Waals surface area (Å²) in [6.45, 7) is 9.65. The lowest BCUT2D eigenvalue weighted by molar-refractivity contribution is -0.119. The minimum Gasteiger partial charge on any atom is -0.399 e. The van der Waals surface area contributed by atoms with E-state index in [1.165, 1.54) is 0 Å². The molecular formula is C54H50BClN6O6. The predicted octanol–water partition coefficient (Wildman–Crippen LogP) is 9.19. The van der Waals surface area contributed by atoms with Crippen LogP contribution in [0, 0.1) is 0 Å². The first-order chi connectivity index (χ1) is 32.8. The molecule has 3 aliphatic rings. The Balaban J connectivity index is 0.000000138. The van der Waals surface area contributed by atoms with E-state index in [0.29, 0.717) is 27.9 Å². The third kappa shape index (κ3) is 9.25. The van der Waals surface area contributed by atoms with Crippen molar-refractivity contribution >= 4 is 68.9 Å². The Labute approximate surface area is 399 Å². The molecule has 68 heavy (non-hydrogen) atoms. The van der Waals surface area contributed by atoms with Gasteiger partial charge >= 0.3 is 7.12 Å². The van der Waals surface area contributed by atoms with E-state index in [9.17, 15) is 19.2 Å². The van der Waals surface area contributed by atoms with E-state index < -0.39 is 0 Å². The maximum atomic E-state index is 12.9. The maximum absolute atomic E-state index is 12.9. The van der Waals surface area contributed by atoms with Crippen molar-refractivity contribution in [1.82, 2.24) is 20.4 Å². The Morgan fingerprint density at radius 2 is 0.941 bits per heavy atom. The molecule has 2 N–H and O–H groups in total. The molecule has 3 fully saturated rings. The zero-order valence-corrected chi connectivity index (χ0v) is 38.9. The van der Waals surface area contributed by atoms with Gasteiger partial charge in [0, 0.05) is 40.8 Å². The Morgan fingerprint density at radius 1 is 0.529 bits per heavy atom. The van der Waals surface area contributed by atoms with Crippen LogP contribution < -0.4 is 26.4 Å². The first-order valence-corrected chi connectivity index (χ1v) is 23.1. The van der Waals surface area contributed by atoms with E-state index in [1.807, 2.05) is 171 Å². The molecule has 11 rings (SSSR count). The molecule has 0 aliphatic carbocycles. The van der Waals surface area contributed by atoms with Gasteiger partial charge in [-0.1, -0.05) is 133 Å². The van der Waals surface area contributed by atoms with Gasteiger partial charge in [0.1, 0.15) is 0 Å². The molecule has 0 radical (unpaired) electrons. The quantitative estimate of drug-likeness (QED) is 0.157. The fraction of sp³-hybridized carbons (Fsp3) is 0.222. The van der Waals surface area contributed by atoms with Gasteiger partial charge in [0.05, 0.1) is 39.5 Å². The molecule has 12 nitrogen and oxygen atoms in total. The number of aromatic amines is 2. The number of carbonyl (C=O) groups is 2. The number of aromatic nitrogens is 4. The number of nitrogens with one attached hydrogen (secondary N) is 2. The molecule has 342 valence electrons. The van der Waals surface area contributed by atoms with Crippen LogP contribution in [0.25, 0.3) is 32.8 Å². The molecule has 3 saturated heterocycles. The maximum Gasteiger partial charge on any atom is 0.494 e. The van der Waals surface area contributed by atoms with Crippen LogP contribution in [-0.2, 0) is 18.9 Å². The lowest BCUT2D eigenvalue weighted by Gasteiger charge is -2.32. The number of anilines is 2. The lowest BCUT2D eigenvalue weighted by atomic mass is 9.79. The highest BCUT2D eigenvalue weighted by atomic mass is 35.5. The first kappa shape index (κ1) is 45.9. The predicted molar refractivity (Wildman–Crippen MR) is 270 cm³/mol. The first-order valence-electron chi connectivity index (χ1n) is 22.7. The van der Waals surface area contributed by atoms with Crippen molar-refractivity contribution in [1.29, 1.82) is 0 Å². The number of hydrogen-bond donors (Lipinski definition) is 2. The molecule has 2 amide bonds. The Hall–Kier alpha value is -7.19. The van der Waals surface area contributed by atoms with E-state index in [0.717, 1.165) is 64.0 Å². The molecule has 2 atom stereocenters. The second-order valence-corrected chi connectivity index (χ2v) is 18.4. The monoisotopic (exact) mass is 924 g/mol. The molecule has 5 heterocycles. The molecule has 2 unspecified atom stereocenters. The summed E-state index contributed by atoms with van der Waals surface area (Å²) in [5, 5.41) is 15.8. The van der Waals surface area contributed by atoms with Crippen LogP contribution >= 0.6 is 11.6 Å². The van der Waals surface area contributed by atoms with Gasteiger partial charge in [-0.2, -0.15) is 10.2 Å².